The van der Waals surface area contributed by atoms with Gasteiger partial charge in [-0.3, -0.25) is 9.78 Å². The molecule has 5 nitrogen and oxygen atoms in total. The highest BCUT2D eigenvalue weighted by atomic mass is 16.5. The molecule has 1 fully saturated rings. The molecule has 2 aromatic rings. The molecule has 1 aliphatic carbocycles. The zero-order valence-electron chi connectivity index (χ0n) is 10.7. The maximum Gasteiger partial charge on any atom is 0.276 e. The average molecular weight is 257 g/mol. The number of aromatic nitrogens is 2. The molecule has 19 heavy (non-hydrogen) atoms. The Morgan fingerprint density at radius 3 is 2.89 bits per heavy atom. The van der Waals surface area contributed by atoms with Crippen LogP contribution >= 0.6 is 0 Å². The second kappa shape index (κ2) is 4.84. The third kappa shape index (κ3) is 2.65. The lowest BCUT2D eigenvalue weighted by atomic mass is 10.2. The summed E-state index contributed by atoms with van der Waals surface area (Å²) in [5.41, 5.74) is 1.27. The third-order valence-electron chi connectivity index (χ3n) is 3.15. The fourth-order valence-corrected chi connectivity index (χ4v) is 2.03. The van der Waals surface area contributed by atoms with Gasteiger partial charge < -0.3 is 9.42 Å². The standard InChI is InChI=1S/C14H15N3O2/c1-10-8-13(16-19-10)14(18)17(12-5-6-12)9-11-4-2-3-7-15-11/h2-4,7-8,12H,5-6,9H2,1H3. The number of amides is 1. The molecule has 2 aromatic heterocycles. The van der Waals surface area contributed by atoms with Crippen LogP contribution in [-0.4, -0.2) is 27.0 Å². The van der Waals surface area contributed by atoms with Crippen molar-refractivity contribution in [2.45, 2.75) is 32.4 Å². The van der Waals surface area contributed by atoms with Crippen molar-refractivity contribution in [2.75, 3.05) is 0 Å². The van der Waals surface area contributed by atoms with Crippen LogP contribution in [0, 0.1) is 6.92 Å². The summed E-state index contributed by atoms with van der Waals surface area (Å²) in [5.74, 6) is 0.571. The van der Waals surface area contributed by atoms with Gasteiger partial charge in [0.15, 0.2) is 5.69 Å². The van der Waals surface area contributed by atoms with Gasteiger partial charge in [0, 0.05) is 18.3 Å². The third-order valence-corrected chi connectivity index (χ3v) is 3.15. The Hall–Kier alpha value is -2.17. The van der Waals surface area contributed by atoms with Gasteiger partial charge in [-0.05, 0) is 31.9 Å². The van der Waals surface area contributed by atoms with E-state index in [4.69, 9.17) is 4.52 Å². The quantitative estimate of drug-likeness (QED) is 0.842. The maximum absolute atomic E-state index is 12.4. The first kappa shape index (κ1) is 11.9. The molecule has 1 amide bonds. The Morgan fingerprint density at radius 2 is 2.32 bits per heavy atom. The van der Waals surface area contributed by atoms with Crippen LogP contribution in [-0.2, 0) is 6.54 Å². The number of hydrogen-bond acceptors (Lipinski definition) is 4. The molecule has 0 N–H and O–H groups in total. The molecule has 0 bridgehead atoms. The second-order valence-electron chi connectivity index (χ2n) is 4.81. The Balaban J connectivity index is 1.79. The van der Waals surface area contributed by atoms with Gasteiger partial charge in [-0.1, -0.05) is 11.2 Å². The van der Waals surface area contributed by atoms with Crippen molar-refractivity contribution in [3.05, 3.63) is 47.6 Å². The van der Waals surface area contributed by atoms with Gasteiger partial charge in [-0.25, -0.2) is 0 Å². The molecule has 0 radical (unpaired) electrons. The number of carbonyl (C=O) groups excluding carboxylic acids is 1. The van der Waals surface area contributed by atoms with E-state index in [1.54, 1.807) is 19.2 Å². The lowest BCUT2D eigenvalue weighted by Gasteiger charge is -2.20. The molecule has 3 rings (SSSR count). The number of aryl methyl sites for hydroxylation is 1. The molecule has 0 spiro atoms. The second-order valence-corrected chi connectivity index (χ2v) is 4.81. The lowest BCUT2D eigenvalue weighted by Crippen LogP contribution is -2.33. The van der Waals surface area contributed by atoms with E-state index in [0.29, 0.717) is 24.0 Å². The Kier molecular flexibility index (Phi) is 3.03. The van der Waals surface area contributed by atoms with Crippen LogP contribution in [0.25, 0.3) is 0 Å². The Labute approximate surface area is 111 Å². The van der Waals surface area contributed by atoms with Crippen LogP contribution in [0.5, 0.6) is 0 Å². The number of nitrogens with zero attached hydrogens (tertiary/aromatic N) is 3. The zero-order valence-corrected chi connectivity index (χ0v) is 10.7. The number of hydrogen-bond donors (Lipinski definition) is 0. The summed E-state index contributed by atoms with van der Waals surface area (Å²) in [7, 11) is 0. The van der Waals surface area contributed by atoms with E-state index < -0.39 is 0 Å². The van der Waals surface area contributed by atoms with E-state index in [1.807, 2.05) is 23.1 Å². The van der Waals surface area contributed by atoms with Crippen molar-refractivity contribution >= 4 is 5.91 Å². The highest BCUT2D eigenvalue weighted by molar-refractivity contribution is 5.92. The minimum Gasteiger partial charge on any atom is -0.361 e. The van der Waals surface area contributed by atoms with E-state index in [-0.39, 0.29) is 5.91 Å². The Morgan fingerprint density at radius 1 is 1.47 bits per heavy atom. The molecule has 5 heteroatoms. The highest BCUT2D eigenvalue weighted by Gasteiger charge is 2.34. The van der Waals surface area contributed by atoms with E-state index >= 15 is 0 Å². The predicted octanol–water partition coefficient (Wildman–Crippen LogP) is 2.18. The van der Waals surface area contributed by atoms with Crippen LogP contribution in [0.1, 0.15) is 34.8 Å². The molecule has 0 atom stereocenters. The van der Waals surface area contributed by atoms with Crippen LogP contribution in [0.4, 0.5) is 0 Å². The van der Waals surface area contributed by atoms with Gasteiger partial charge in [-0.15, -0.1) is 0 Å². The summed E-state index contributed by atoms with van der Waals surface area (Å²) < 4.78 is 4.97. The minimum absolute atomic E-state index is 0.0787. The summed E-state index contributed by atoms with van der Waals surface area (Å²) in [6, 6.07) is 7.71. The van der Waals surface area contributed by atoms with Crippen LogP contribution in [0.15, 0.2) is 35.0 Å². The number of carbonyl (C=O) groups is 1. The molecular weight excluding hydrogens is 242 g/mol. The summed E-state index contributed by atoms with van der Waals surface area (Å²) >= 11 is 0. The molecular formula is C14H15N3O2. The number of pyridine rings is 1. The first-order chi connectivity index (χ1) is 9.24. The van der Waals surface area contributed by atoms with Crippen molar-refractivity contribution in [3.8, 4) is 0 Å². The summed E-state index contributed by atoms with van der Waals surface area (Å²) in [4.78, 5) is 18.5. The normalized spacial score (nSPS) is 14.4. The molecule has 0 aliphatic heterocycles. The van der Waals surface area contributed by atoms with Crippen molar-refractivity contribution < 1.29 is 9.32 Å². The van der Waals surface area contributed by atoms with Crippen LogP contribution < -0.4 is 0 Å². The molecule has 0 aromatic carbocycles. The monoisotopic (exact) mass is 257 g/mol. The van der Waals surface area contributed by atoms with Gasteiger partial charge in [0.05, 0.1) is 12.2 Å². The van der Waals surface area contributed by atoms with Crippen LogP contribution in [0.2, 0.25) is 0 Å². The maximum atomic E-state index is 12.4. The van der Waals surface area contributed by atoms with Gasteiger partial charge in [0.2, 0.25) is 0 Å². The van der Waals surface area contributed by atoms with Crippen molar-refractivity contribution in [3.63, 3.8) is 0 Å². The van der Waals surface area contributed by atoms with E-state index in [9.17, 15) is 4.79 Å². The lowest BCUT2D eigenvalue weighted by molar-refractivity contribution is 0.0717. The van der Waals surface area contributed by atoms with Crippen molar-refractivity contribution in [1.82, 2.24) is 15.0 Å². The summed E-state index contributed by atoms with van der Waals surface area (Å²) in [6.07, 6.45) is 3.84. The fourth-order valence-electron chi connectivity index (χ4n) is 2.03. The minimum atomic E-state index is -0.0787. The SMILES string of the molecule is Cc1cc(C(=O)N(Cc2ccccn2)C2CC2)no1. The van der Waals surface area contributed by atoms with Crippen LogP contribution in [0.3, 0.4) is 0 Å². The van der Waals surface area contributed by atoms with Crippen molar-refractivity contribution in [2.24, 2.45) is 0 Å². The fraction of sp³-hybridized carbons (Fsp3) is 0.357. The topological polar surface area (TPSA) is 59.2 Å². The average Bonchev–Trinajstić information content (AvgIpc) is 3.18. The van der Waals surface area contributed by atoms with E-state index in [1.165, 1.54) is 0 Å². The Bertz CT molecular complexity index is 575. The van der Waals surface area contributed by atoms with Gasteiger partial charge >= 0.3 is 0 Å². The van der Waals surface area contributed by atoms with E-state index in [2.05, 4.69) is 10.1 Å². The predicted molar refractivity (Wildman–Crippen MR) is 68.4 cm³/mol. The summed E-state index contributed by atoms with van der Waals surface area (Å²) in [5, 5.41) is 3.80. The smallest absolute Gasteiger partial charge is 0.276 e. The van der Waals surface area contributed by atoms with Gasteiger partial charge in [0.1, 0.15) is 5.76 Å². The largest absolute Gasteiger partial charge is 0.361 e. The summed E-state index contributed by atoms with van der Waals surface area (Å²) in [6.45, 7) is 2.31. The molecule has 0 saturated heterocycles. The molecule has 1 aliphatic rings. The first-order valence-corrected chi connectivity index (χ1v) is 6.38. The molecule has 98 valence electrons. The first-order valence-electron chi connectivity index (χ1n) is 6.38. The molecule has 1 saturated carbocycles. The number of rotatable bonds is 4. The zero-order chi connectivity index (χ0) is 13.2. The van der Waals surface area contributed by atoms with Gasteiger partial charge in [0.25, 0.3) is 5.91 Å². The van der Waals surface area contributed by atoms with Crippen molar-refractivity contribution in [1.29, 1.82) is 0 Å². The van der Waals surface area contributed by atoms with E-state index in [0.717, 1.165) is 18.5 Å². The molecule has 2 heterocycles. The highest BCUT2D eigenvalue weighted by Crippen LogP contribution is 2.29. The molecule has 0 unspecified atom stereocenters. The van der Waals surface area contributed by atoms with Gasteiger partial charge in [-0.2, -0.15) is 0 Å².